The predicted molar refractivity (Wildman–Crippen MR) is 64.2 cm³/mol. The van der Waals surface area contributed by atoms with Crippen LogP contribution in [0.5, 0.6) is 0 Å². The van der Waals surface area contributed by atoms with Gasteiger partial charge in [0, 0.05) is 6.54 Å². The number of benzene rings is 1. The number of halogens is 2. The Hall–Kier alpha value is -2.09. The second-order valence-corrected chi connectivity index (χ2v) is 4.52. The van der Waals surface area contributed by atoms with Crippen molar-refractivity contribution in [1.29, 1.82) is 0 Å². The van der Waals surface area contributed by atoms with Gasteiger partial charge in [-0.25, -0.2) is 8.78 Å². The van der Waals surface area contributed by atoms with Gasteiger partial charge in [0.25, 0.3) is 11.6 Å². The van der Waals surface area contributed by atoms with Crippen LogP contribution in [0, 0.1) is 21.7 Å². The van der Waals surface area contributed by atoms with Crippen molar-refractivity contribution in [3.8, 4) is 0 Å². The summed E-state index contributed by atoms with van der Waals surface area (Å²) in [6.45, 7) is 0.0451. The Bertz CT molecular complexity index is 565. The molecule has 6 nitrogen and oxygen atoms in total. The molecule has 2 rings (SSSR count). The Kier molecular flexibility index (Phi) is 3.93. The van der Waals surface area contributed by atoms with Crippen molar-refractivity contribution in [2.45, 2.75) is 18.9 Å². The van der Waals surface area contributed by atoms with E-state index in [1.165, 1.54) is 4.90 Å². The van der Waals surface area contributed by atoms with E-state index >= 15 is 0 Å². The van der Waals surface area contributed by atoms with Crippen LogP contribution in [0.1, 0.15) is 23.2 Å². The summed E-state index contributed by atoms with van der Waals surface area (Å²) in [4.78, 5) is 23.4. The van der Waals surface area contributed by atoms with Gasteiger partial charge < -0.3 is 10.0 Å². The average Bonchev–Trinajstić information content (AvgIpc) is 2.88. The van der Waals surface area contributed by atoms with Crippen molar-refractivity contribution in [2.75, 3.05) is 13.2 Å². The van der Waals surface area contributed by atoms with Crippen molar-refractivity contribution in [2.24, 2.45) is 0 Å². The van der Waals surface area contributed by atoms with Crippen LogP contribution in [0.15, 0.2) is 12.1 Å². The van der Waals surface area contributed by atoms with Gasteiger partial charge in [-0.1, -0.05) is 0 Å². The van der Waals surface area contributed by atoms with Gasteiger partial charge in [0.15, 0.2) is 11.6 Å². The summed E-state index contributed by atoms with van der Waals surface area (Å²) in [5.41, 5.74) is -1.29. The molecule has 0 aromatic heterocycles. The number of likely N-dealkylation sites (tertiary alicyclic amines) is 1. The van der Waals surface area contributed by atoms with E-state index in [9.17, 15) is 23.7 Å². The van der Waals surface area contributed by atoms with Gasteiger partial charge in [-0.3, -0.25) is 14.9 Å². The number of hydrogen-bond donors (Lipinski definition) is 1. The molecule has 0 aliphatic carbocycles. The molecule has 1 N–H and O–H groups in total. The van der Waals surface area contributed by atoms with Crippen LogP contribution in [0.2, 0.25) is 0 Å². The second kappa shape index (κ2) is 5.49. The number of carbonyl (C=O) groups excluding carboxylic acids is 1. The molecule has 0 spiro atoms. The maximum absolute atomic E-state index is 13.2. The summed E-state index contributed by atoms with van der Waals surface area (Å²) in [7, 11) is 0. The van der Waals surface area contributed by atoms with Gasteiger partial charge in [0.2, 0.25) is 0 Å². The normalized spacial score (nSPS) is 18.4. The van der Waals surface area contributed by atoms with Crippen molar-refractivity contribution in [3.63, 3.8) is 0 Å². The van der Waals surface area contributed by atoms with E-state index in [1.807, 2.05) is 0 Å². The van der Waals surface area contributed by atoms with Gasteiger partial charge in [-0.2, -0.15) is 0 Å². The topological polar surface area (TPSA) is 83.7 Å². The summed E-state index contributed by atoms with van der Waals surface area (Å²) in [5.74, 6) is -3.47. The van der Waals surface area contributed by atoms with Crippen LogP contribution in [0.3, 0.4) is 0 Å². The molecule has 1 aromatic rings. The van der Waals surface area contributed by atoms with Gasteiger partial charge >= 0.3 is 0 Å². The molecule has 1 atom stereocenters. The Labute approximate surface area is 112 Å². The number of amides is 1. The molecule has 0 bridgehead atoms. The molecule has 1 fully saturated rings. The number of nitro benzene ring substituents is 1. The predicted octanol–water partition coefficient (Wildman–Crippen LogP) is 1.47. The lowest BCUT2D eigenvalue weighted by molar-refractivity contribution is -0.385. The van der Waals surface area contributed by atoms with Crippen molar-refractivity contribution < 1.29 is 23.6 Å². The van der Waals surface area contributed by atoms with E-state index < -0.39 is 39.8 Å². The molecule has 1 aliphatic heterocycles. The first-order valence-corrected chi connectivity index (χ1v) is 6.01. The SMILES string of the molecule is O=C(c1cc(F)c(F)cc1[N+](=O)[O-])N1CCC[C@@H]1CO. The molecule has 20 heavy (non-hydrogen) atoms. The molecule has 108 valence electrons. The minimum Gasteiger partial charge on any atom is -0.394 e. The van der Waals surface area contributed by atoms with Crippen molar-refractivity contribution >= 4 is 11.6 Å². The van der Waals surface area contributed by atoms with Crippen molar-refractivity contribution in [1.82, 2.24) is 4.90 Å². The van der Waals surface area contributed by atoms with Crippen LogP contribution in [0.25, 0.3) is 0 Å². The first-order valence-electron chi connectivity index (χ1n) is 6.01. The molecule has 1 saturated heterocycles. The first kappa shape index (κ1) is 14.3. The number of rotatable bonds is 3. The average molecular weight is 286 g/mol. The Morgan fingerprint density at radius 3 is 2.70 bits per heavy atom. The van der Waals surface area contributed by atoms with Crippen LogP contribution >= 0.6 is 0 Å². The Morgan fingerprint density at radius 1 is 1.45 bits per heavy atom. The van der Waals surface area contributed by atoms with Gasteiger partial charge in [-0.15, -0.1) is 0 Å². The molecule has 8 heteroatoms. The standard InChI is InChI=1S/C12H12F2N2O4/c13-9-4-8(11(16(19)20)5-10(9)14)12(18)15-3-1-2-7(15)6-17/h4-5,7,17H,1-3,6H2/t7-/m1/s1. The maximum atomic E-state index is 13.2. The van der Waals surface area contributed by atoms with E-state index in [2.05, 4.69) is 0 Å². The van der Waals surface area contributed by atoms with Crippen molar-refractivity contribution in [3.05, 3.63) is 39.4 Å². The molecule has 1 heterocycles. The van der Waals surface area contributed by atoms with E-state index in [0.29, 0.717) is 31.5 Å². The Balaban J connectivity index is 2.43. The van der Waals surface area contributed by atoms with E-state index in [4.69, 9.17) is 5.11 Å². The van der Waals surface area contributed by atoms with Crippen LogP contribution in [0.4, 0.5) is 14.5 Å². The summed E-state index contributed by atoms with van der Waals surface area (Å²) >= 11 is 0. The highest BCUT2D eigenvalue weighted by Gasteiger charge is 2.33. The van der Waals surface area contributed by atoms with Crippen LogP contribution in [-0.2, 0) is 0 Å². The smallest absolute Gasteiger partial charge is 0.285 e. The fourth-order valence-electron chi connectivity index (χ4n) is 2.31. The van der Waals surface area contributed by atoms with Crippen LogP contribution in [-0.4, -0.2) is 40.0 Å². The highest BCUT2D eigenvalue weighted by molar-refractivity contribution is 5.98. The van der Waals surface area contributed by atoms with Gasteiger partial charge in [-0.05, 0) is 18.9 Å². The minimum atomic E-state index is -1.38. The number of nitro groups is 1. The molecular formula is C12H12F2N2O4. The summed E-state index contributed by atoms with van der Waals surface area (Å²) < 4.78 is 26.3. The third-order valence-corrected chi connectivity index (χ3v) is 3.31. The molecular weight excluding hydrogens is 274 g/mol. The lowest BCUT2D eigenvalue weighted by atomic mass is 10.1. The molecule has 0 radical (unpaired) electrons. The first-order chi connectivity index (χ1) is 9.45. The number of aliphatic hydroxyl groups is 1. The largest absolute Gasteiger partial charge is 0.394 e. The molecule has 1 amide bonds. The zero-order valence-corrected chi connectivity index (χ0v) is 10.4. The van der Waals surface area contributed by atoms with E-state index in [-0.39, 0.29) is 6.61 Å². The number of nitrogens with zero attached hydrogens (tertiary/aromatic N) is 2. The number of carbonyl (C=O) groups is 1. The maximum Gasteiger partial charge on any atom is 0.285 e. The Morgan fingerprint density at radius 2 is 2.10 bits per heavy atom. The third kappa shape index (κ3) is 2.46. The number of aliphatic hydroxyl groups excluding tert-OH is 1. The van der Waals surface area contributed by atoms with Crippen LogP contribution < -0.4 is 0 Å². The second-order valence-electron chi connectivity index (χ2n) is 4.52. The number of hydrogen-bond acceptors (Lipinski definition) is 4. The fraction of sp³-hybridized carbons (Fsp3) is 0.417. The highest BCUT2D eigenvalue weighted by atomic mass is 19.2. The highest BCUT2D eigenvalue weighted by Crippen LogP contribution is 2.27. The third-order valence-electron chi connectivity index (χ3n) is 3.31. The van der Waals surface area contributed by atoms with Gasteiger partial charge in [0.1, 0.15) is 5.56 Å². The summed E-state index contributed by atoms with van der Waals surface area (Å²) in [6, 6.07) is 0.477. The molecule has 1 aromatic carbocycles. The monoisotopic (exact) mass is 286 g/mol. The zero-order chi connectivity index (χ0) is 14.9. The zero-order valence-electron chi connectivity index (χ0n) is 10.4. The quantitative estimate of drug-likeness (QED) is 0.673. The van der Waals surface area contributed by atoms with E-state index in [1.54, 1.807) is 0 Å². The molecule has 0 saturated carbocycles. The summed E-state index contributed by atoms with van der Waals surface area (Å²) in [6.07, 6.45) is 1.22. The summed E-state index contributed by atoms with van der Waals surface area (Å²) in [5, 5.41) is 20.0. The lowest BCUT2D eigenvalue weighted by Crippen LogP contribution is -2.38. The fourth-order valence-corrected chi connectivity index (χ4v) is 2.31. The molecule has 1 aliphatic rings. The minimum absolute atomic E-state index is 0.275. The lowest BCUT2D eigenvalue weighted by Gasteiger charge is -2.22. The van der Waals surface area contributed by atoms with Gasteiger partial charge in [0.05, 0.1) is 23.6 Å². The van der Waals surface area contributed by atoms with E-state index in [0.717, 1.165) is 0 Å². The molecule has 0 unspecified atom stereocenters.